The van der Waals surface area contributed by atoms with Crippen LogP contribution in [0.2, 0.25) is 0 Å². The number of aryl methyl sites for hydroxylation is 1. The fraction of sp³-hybridized carbons (Fsp3) is 0.200. The van der Waals surface area contributed by atoms with Crippen molar-refractivity contribution < 1.29 is 14.0 Å². The molecular formula is C15H13FN4O2S. The van der Waals surface area contributed by atoms with Crippen LogP contribution in [0.3, 0.4) is 0 Å². The highest BCUT2D eigenvalue weighted by Crippen LogP contribution is 2.13. The summed E-state index contributed by atoms with van der Waals surface area (Å²) in [5.41, 5.74) is 0.825. The van der Waals surface area contributed by atoms with Gasteiger partial charge in [-0.05, 0) is 25.1 Å². The van der Waals surface area contributed by atoms with E-state index in [0.717, 1.165) is 16.8 Å². The highest BCUT2D eigenvalue weighted by molar-refractivity contribution is 7.09. The van der Waals surface area contributed by atoms with Gasteiger partial charge in [0.25, 0.3) is 0 Å². The Bertz CT molecular complexity index is 782. The number of hydrogen-bond donors (Lipinski definition) is 2. The largest absolute Gasteiger partial charge is 0.347 e. The molecule has 0 saturated heterocycles. The van der Waals surface area contributed by atoms with Crippen LogP contribution in [0.5, 0.6) is 0 Å². The van der Waals surface area contributed by atoms with Crippen molar-refractivity contribution in [2.75, 3.05) is 11.9 Å². The fourth-order valence-electron chi connectivity index (χ4n) is 1.78. The van der Waals surface area contributed by atoms with E-state index in [2.05, 4.69) is 15.6 Å². The Morgan fingerprint density at radius 3 is 2.83 bits per heavy atom. The number of amides is 2. The average molecular weight is 332 g/mol. The lowest BCUT2D eigenvalue weighted by Gasteiger charge is -2.06. The van der Waals surface area contributed by atoms with Crippen molar-refractivity contribution in [1.82, 2.24) is 10.3 Å². The number of carbonyl (C=O) groups excluding carboxylic acids is 2. The monoisotopic (exact) mass is 332 g/mol. The van der Waals surface area contributed by atoms with Crippen LogP contribution in [-0.2, 0) is 16.0 Å². The lowest BCUT2D eigenvalue weighted by Crippen LogP contribution is -2.36. The minimum Gasteiger partial charge on any atom is -0.347 e. The van der Waals surface area contributed by atoms with Gasteiger partial charge in [0.15, 0.2) is 0 Å². The second-order valence-corrected chi connectivity index (χ2v) is 5.69. The molecular weight excluding hydrogens is 319 g/mol. The summed E-state index contributed by atoms with van der Waals surface area (Å²) >= 11 is 1.52. The molecule has 1 heterocycles. The molecule has 2 rings (SSSR count). The van der Waals surface area contributed by atoms with Crippen LogP contribution in [0.4, 0.5) is 10.1 Å². The van der Waals surface area contributed by atoms with Gasteiger partial charge in [-0.2, -0.15) is 5.26 Å². The molecule has 0 saturated carbocycles. The number of carbonyl (C=O) groups is 2. The van der Waals surface area contributed by atoms with E-state index < -0.39 is 17.6 Å². The van der Waals surface area contributed by atoms with Gasteiger partial charge in [0.2, 0.25) is 0 Å². The quantitative estimate of drug-likeness (QED) is 0.834. The SMILES string of the molecule is Cc1nc(CCNC(=O)C(=O)Nc2ccc(F)c(C#N)c2)cs1. The normalized spacial score (nSPS) is 9.96. The molecule has 118 valence electrons. The van der Waals surface area contributed by atoms with Crippen LogP contribution in [0.25, 0.3) is 0 Å². The maximum absolute atomic E-state index is 13.2. The third kappa shape index (κ3) is 4.59. The summed E-state index contributed by atoms with van der Waals surface area (Å²) in [7, 11) is 0. The van der Waals surface area contributed by atoms with Crippen molar-refractivity contribution in [3.05, 3.63) is 45.7 Å². The van der Waals surface area contributed by atoms with Crippen LogP contribution in [0.15, 0.2) is 23.6 Å². The highest BCUT2D eigenvalue weighted by atomic mass is 32.1. The predicted octanol–water partition coefficient (Wildman–Crippen LogP) is 1.76. The fourth-order valence-corrected chi connectivity index (χ4v) is 2.43. The number of halogens is 1. The third-order valence-electron chi connectivity index (χ3n) is 2.88. The number of hydrogen-bond acceptors (Lipinski definition) is 5. The van der Waals surface area contributed by atoms with Gasteiger partial charge in [0.1, 0.15) is 11.9 Å². The van der Waals surface area contributed by atoms with Crippen molar-refractivity contribution in [3.8, 4) is 6.07 Å². The van der Waals surface area contributed by atoms with Gasteiger partial charge in [-0.25, -0.2) is 9.37 Å². The molecule has 6 nitrogen and oxygen atoms in total. The van der Waals surface area contributed by atoms with Crippen LogP contribution in [0, 0.1) is 24.1 Å². The number of nitrogens with zero attached hydrogens (tertiary/aromatic N) is 2. The maximum Gasteiger partial charge on any atom is 0.313 e. The third-order valence-corrected chi connectivity index (χ3v) is 3.71. The van der Waals surface area contributed by atoms with Gasteiger partial charge in [0.05, 0.1) is 16.3 Å². The van der Waals surface area contributed by atoms with Crippen molar-refractivity contribution in [2.45, 2.75) is 13.3 Å². The van der Waals surface area contributed by atoms with Gasteiger partial charge in [-0.15, -0.1) is 11.3 Å². The van der Waals surface area contributed by atoms with E-state index in [4.69, 9.17) is 5.26 Å². The summed E-state index contributed by atoms with van der Waals surface area (Å²) < 4.78 is 13.2. The molecule has 0 fully saturated rings. The first-order valence-corrected chi connectivity index (χ1v) is 7.57. The second kappa shape index (κ2) is 7.47. The molecule has 23 heavy (non-hydrogen) atoms. The van der Waals surface area contributed by atoms with E-state index in [0.29, 0.717) is 6.42 Å². The van der Waals surface area contributed by atoms with E-state index in [1.807, 2.05) is 12.3 Å². The van der Waals surface area contributed by atoms with Crippen LogP contribution in [0.1, 0.15) is 16.3 Å². The summed E-state index contributed by atoms with van der Waals surface area (Å²) in [6.07, 6.45) is 0.526. The summed E-state index contributed by atoms with van der Waals surface area (Å²) in [5, 5.41) is 16.3. The van der Waals surface area contributed by atoms with E-state index in [9.17, 15) is 14.0 Å². The Morgan fingerprint density at radius 2 is 2.17 bits per heavy atom. The lowest BCUT2D eigenvalue weighted by molar-refractivity contribution is -0.136. The molecule has 0 unspecified atom stereocenters. The summed E-state index contributed by atoms with van der Waals surface area (Å²) in [6.45, 7) is 2.17. The van der Waals surface area contributed by atoms with E-state index in [1.165, 1.54) is 23.5 Å². The molecule has 0 aliphatic heterocycles. The molecule has 2 aromatic rings. The van der Waals surface area contributed by atoms with Crippen molar-refractivity contribution in [2.24, 2.45) is 0 Å². The van der Waals surface area contributed by atoms with Crippen molar-refractivity contribution in [1.29, 1.82) is 5.26 Å². The molecule has 0 aliphatic carbocycles. The van der Waals surface area contributed by atoms with E-state index >= 15 is 0 Å². The molecule has 0 spiro atoms. The molecule has 0 bridgehead atoms. The zero-order chi connectivity index (χ0) is 16.8. The number of rotatable bonds is 4. The number of nitrogens with one attached hydrogen (secondary N) is 2. The molecule has 0 atom stereocenters. The first-order valence-electron chi connectivity index (χ1n) is 6.69. The Labute approximate surface area is 136 Å². The molecule has 0 radical (unpaired) electrons. The summed E-state index contributed by atoms with van der Waals surface area (Å²) in [4.78, 5) is 27.7. The van der Waals surface area contributed by atoms with E-state index in [-0.39, 0.29) is 17.8 Å². The smallest absolute Gasteiger partial charge is 0.313 e. The summed E-state index contributed by atoms with van der Waals surface area (Å²) in [6, 6.07) is 5.15. The number of aromatic nitrogens is 1. The van der Waals surface area contributed by atoms with Crippen molar-refractivity contribution >= 4 is 28.8 Å². The Hall–Kier alpha value is -2.79. The minimum absolute atomic E-state index is 0.179. The van der Waals surface area contributed by atoms with Crippen LogP contribution >= 0.6 is 11.3 Å². The van der Waals surface area contributed by atoms with E-state index in [1.54, 1.807) is 6.07 Å². The zero-order valence-corrected chi connectivity index (χ0v) is 13.0. The Balaban J connectivity index is 1.85. The first-order chi connectivity index (χ1) is 11.0. The van der Waals surface area contributed by atoms with Gasteiger partial charge in [0, 0.05) is 24.0 Å². The molecule has 8 heteroatoms. The molecule has 2 amide bonds. The highest BCUT2D eigenvalue weighted by Gasteiger charge is 2.14. The number of nitriles is 1. The average Bonchev–Trinajstić information content (AvgIpc) is 2.94. The molecule has 1 aromatic carbocycles. The first kappa shape index (κ1) is 16.6. The number of anilines is 1. The number of benzene rings is 1. The number of thiazole rings is 1. The van der Waals surface area contributed by atoms with Gasteiger partial charge < -0.3 is 10.6 Å². The second-order valence-electron chi connectivity index (χ2n) is 4.62. The standard InChI is InChI=1S/C15H13FN4O2S/c1-9-19-12(8-23-9)4-5-18-14(21)15(22)20-11-2-3-13(16)10(6-11)7-17/h2-3,6,8H,4-5H2,1H3,(H,18,21)(H,20,22). The van der Waals surface area contributed by atoms with Gasteiger partial charge in [-0.3, -0.25) is 9.59 Å². The van der Waals surface area contributed by atoms with Gasteiger partial charge in [-0.1, -0.05) is 0 Å². The Kier molecular flexibility index (Phi) is 5.38. The molecule has 2 N–H and O–H groups in total. The van der Waals surface area contributed by atoms with Crippen molar-refractivity contribution in [3.63, 3.8) is 0 Å². The Morgan fingerprint density at radius 1 is 1.39 bits per heavy atom. The topological polar surface area (TPSA) is 94.9 Å². The molecule has 0 aliphatic rings. The lowest BCUT2D eigenvalue weighted by atomic mass is 10.2. The van der Waals surface area contributed by atoms with Crippen LogP contribution in [-0.4, -0.2) is 23.3 Å². The predicted molar refractivity (Wildman–Crippen MR) is 83.3 cm³/mol. The maximum atomic E-state index is 13.2. The van der Waals surface area contributed by atoms with Gasteiger partial charge >= 0.3 is 11.8 Å². The van der Waals surface area contributed by atoms with Crippen LogP contribution < -0.4 is 10.6 Å². The summed E-state index contributed by atoms with van der Waals surface area (Å²) in [5.74, 6) is -2.37. The zero-order valence-electron chi connectivity index (χ0n) is 12.2. The minimum atomic E-state index is -0.880. The molecule has 1 aromatic heterocycles.